The smallest absolute Gasteiger partial charge is 0.253 e. The van der Waals surface area contributed by atoms with E-state index in [-0.39, 0.29) is 5.91 Å². The van der Waals surface area contributed by atoms with Crippen LogP contribution in [0.25, 0.3) is 0 Å². The molecule has 5 nitrogen and oxygen atoms in total. The number of rotatable bonds is 6. The summed E-state index contributed by atoms with van der Waals surface area (Å²) >= 11 is 0. The minimum absolute atomic E-state index is 0.0852. The Morgan fingerprint density at radius 1 is 1.48 bits per heavy atom. The summed E-state index contributed by atoms with van der Waals surface area (Å²) in [5, 5.41) is 6.19. The summed E-state index contributed by atoms with van der Waals surface area (Å²) in [6, 6.07) is 5.84. The lowest BCUT2D eigenvalue weighted by Crippen LogP contribution is -2.45. The van der Waals surface area contributed by atoms with Gasteiger partial charge in [-0.2, -0.15) is 0 Å². The third-order valence-electron chi connectivity index (χ3n) is 3.86. The topological polar surface area (TPSA) is 59.6 Å². The number of hydrogen-bond acceptors (Lipinski definition) is 4. The minimum Gasteiger partial charge on any atom is -0.385 e. The van der Waals surface area contributed by atoms with Crippen LogP contribution in [0.4, 0.5) is 5.69 Å². The molecule has 0 spiro atoms. The Morgan fingerprint density at radius 2 is 2.29 bits per heavy atom. The number of nitrogens with one attached hydrogen (secondary N) is 2. The Bertz CT molecular complexity index is 496. The molecule has 1 heterocycles. The fourth-order valence-corrected chi connectivity index (χ4v) is 2.49. The highest BCUT2D eigenvalue weighted by atomic mass is 16.5. The van der Waals surface area contributed by atoms with Gasteiger partial charge in [0.25, 0.3) is 5.91 Å². The monoisotopic (exact) mass is 292 g/mol. The van der Waals surface area contributed by atoms with Crippen LogP contribution in [0.15, 0.2) is 18.2 Å². The van der Waals surface area contributed by atoms with Crippen molar-refractivity contribution >= 4 is 11.6 Å². The van der Waals surface area contributed by atoms with Gasteiger partial charge in [0.05, 0.1) is 12.2 Å². The summed E-state index contributed by atoms with van der Waals surface area (Å²) in [6.07, 6.45) is 0.803. The second kappa shape index (κ2) is 6.91. The Morgan fingerprint density at radius 3 is 2.90 bits per heavy atom. The molecule has 1 amide bonds. The van der Waals surface area contributed by atoms with Crippen LogP contribution in [0.2, 0.25) is 0 Å². The minimum atomic E-state index is -0.391. The van der Waals surface area contributed by atoms with Crippen LogP contribution >= 0.6 is 0 Å². The number of carbonyl (C=O) groups excluding carboxylic acids is 1. The van der Waals surface area contributed by atoms with Gasteiger partial charge in [-0.1, -0.05) is 11.6 Å². The number of aryl methyl sites for hydroxylation is 1. The van der Waals surface area contributed by atoms with Crippen LogP contribution in [0, 0.1) is 6.92 Å². The highest BCUT2D eigenvalue weighted by Crippen LogP contribution is 2.22. The Balaban J connectivity index is 2.07. The maximum atomic E-state index is 12.5. The average Bonchev–Trinajstić information content (AvgIpc) is 2.96. The molecule has 1 aliphatic rings. The van der Waals surface area contributed by atoms with Crippen molar-refractivity contribution < 1.29 is 14.3 Å². The zero-order valence-corrected chi connectivity index (χ0v) is 13.0. The highest BCUT2D eigenvalue weighted by Gasteiger charge is 2.35. The van der Waals surface area contributed by atoms with Gasteiger partial charge in [-0.15, -0.1) is 0 Å². The molecule has 21 heavy (non-hydrogen) atoms. The van der Waals surface area contributed by atoms with Crippen molar-refractivity contribution in [1.29, 1.82) is 0 Å². The maximum absolute atomic E-state index is 12.5. The molecular formula is C16H24N2O3. The van der Waals surface area contributed by atoms with E-state index in [9.17, 15) is 4.79 Å². The molecule has 0 aliphatic carbocycles. The van der Waals surface area contributed by atoms with Crippen LogP contribution in [-0.4, -0.2) is 44.9 Å². The van der Waals surface area contributed by atoms with Crippen LogP contribution in [0.3, 0.4) is 0 Å². The summed E-state index contributed by atoms with van der Waals surface area (Å²) in [5.41, 5.74) is 2.20. The fourth-order valence-electron chi connectivity index (χ4n) is 2.49. The van der Waals surface area contributed by atoms with Gasteiger partial charge >= 0.3 is 0 Å². The quantitative estimate of drug-likeness (QED) is 0.841. The Kier molecular flexibility index (Phi) is 5.20. The molecular weight excluding hydrogens is 268 g/mol. The van der Waals surface area contributed by atoms with E-state index in [1.54, 1.807) is 7.11 Å². The second-order valence-electron chi connectivity index (χ2n) is 5.45. The summed E-state index contributed by atoms with van der Waals surface area (Å²) in [5.74, 6) is -0.0852. The summed E-state index contributed by atoms with van der Waals surface area (Å²) < 4.78 is 10.9. The molecule has 1 aliphatic heterocycles. The van der Waals surface area contributed by atoms with E-state index in [1.807, 2.05) is 32.0 Å². The summed E-state index contributed by atoms with van der Waals surface area (Å²) in [4.78, 5) is 12.5. The molecule has 116 valence electrons. The van der Waals surface area contributed by atoms with Crippen LogP contribution in [-0.2, 0) is 9.47 Å². The number of benzene rings is 1. The second-order valence-corrected chi connectivity index (χ2v) is 5.45. The average molecular weight is 292 g/mol. The lowest BCUT2D eigenvalue weighted by atomic mass is 10.0. The van der Waals surface area contributed by atoms with E-state index >= 15 is 0 Å². The van der Waals surface area contributed by atoms with Gasteiger partial charge in [0.15, 0.2) is 0 Å². The van der Waals surface area contributed by atoms with Crippen molar-refractivity contribution in [3.63, 3.8) is 0 Å². The van der Waals surface area contributed by atoms with Gasteiger partial charge < -0.3 is 20.1 Å². The molecule has 0 saturated carbocycles. The Hall–Kier alpha value is -1.59. The van der Waals surface area contributed by atoms with Crippen molar-refractivity contribution in [2.45, 2.75) is 25.9 Å². The van der Waals surface area contributed by atoms with E-state index in [0.717, 1.165) is 24.2 Å². The molecule has 1 atom stereocenters. The standard InChI is InChI=1S/C16H24N2O3/c1-4-17-14-6-5-12(2)9-13(14)15(19)18-10-16(20-3)7-8-21-11-16/h5-6,9,17H,4,7-8,10-11H2,1-3H3,(H,18,19). The molecule has 0 bridgehead atoms. The number of methoxy groups -OCH3 is 1. The van der Waals surface area contributed by atoms with Crippen molar-refractivity contribution in [2.24, 2.45) is 0 Å². The number of hydrogen-bond donors (Lipinski definition) is 2. The number of anilines is 1. The molecule has 5 heteroatoms. The van der Waals surface area contributed by atoms with Crippen molar-refractivity contribution in [3.8, 4) is 0 Å². The lowest BCUT2D eigenvalue weighted by molar-refractivity contribution is -0.0148. The third-order valence-corrected chi connectivity index (χ3v) is 3.86. The summed E-state index contributed by atoms with van der Waals surface area (Å²) in [6.45, 7) is 6.43. The normalized spacial score (nSPS) is 21.3. The predicted octanol–water partition coefficient (Wildman–Crippen LogP) is 1.96. The number of amides is 1. The molecule has 1 fully saturated rings. The van der Waals surface area contributed by atoms with E-state index < -0.39 is 5.60 Å². The molecule has 2 N–H and O–H groups in total. The molecule has 1 unspecified atom stereocenters. The van der Waals surface area contributed by atoms with Crippen molar-refractivity contribution in [1.82, 2.24) is 5.32 Å². The van der Waals surface area contributed by atoms with Gasteiger partial charge in [-0.25, -0.2) is 0 Å². The highest BCUT2D eigenvalue weighted by molar-refractivity contribution is 5.99. The first kappa shape index (κ1) is 15.8. The Labute approximate surface area is 126 Å². The first-order chi connectivity index (χ1) is 10.1. The van der Waals surface area contributed by atoms with Crippen LogP contribution in [0.5, 0.6) is 0 Å². The predicted molar refractivity (Wildman–Crippen MR) is 82.9 cm³/mol. The van der Waals surface area contributed by atoms with Gasteiger partial charge in [-0.3, -0.25) is 4.79 Å². The maximum Gasteiger partial charge on any atom is 0.253 e. The largest absolute Gasteiger partial charge is 0.385 e. The molecule has 2 rings (SSSR count). The van der Waals surface area contributed by atoms with E-state index in [0.29, 0.717) is 25.3 Å². The zero-order chi connectivity index (χ0) is 15.3. The van der Waals surface area contributed by atoms with Gasteiger partial charge in [0.1, 0.15) is 5.60 Å². The van der Waals surface area contributed by atoms with Crippen molar-refractivity contribution in [2.75, 3.05) is 38.7 Å². The van der Waals surface area contributed by atoms with Crippen LogP contribution in [0.1, 0.15) is 29.3 Å². The van der Waals surface area contributed by atoms with E-state index in [4.69, 9.17) is 9.47 Å². The lowest BCUT2D eigenvalue weighted by Gasteiger charge is -2.26. The van der Waals surface area contributed by atoms with Crippen molar-refractivity contribution in [3.05, 3.63) is 29.3 Å². The fraction of sp³-hybridized carbons (Fsp3) is 0.562. The van der Waals surface area contributed by atoms with Gasteiger partial charge in [0, 0.05) is 38.9 Å². The molecule has 1 aromatic carbocycles. The zero-order valence-electron chi connectivity index (χ0n) is 13.0. The first-order valence-corrected chi connectivity index (χ1v) is 7.36. The van der Waals surface area contributed by atoms with Gasteiger partial charge in [-0.05, 0) is 26.0 Å². The third kappa shape index (κ3) is 3.74. The molecule has 1 aromatic rings. The number of ether oxygens (including phenoxy) is 2. The number of carbonyl (C=O) groups is 1. The molecule has 1 saturated heterocycles. The molecule has 0 radical (unpaired) electrons. The van der Waals surface area contributed by atoms with Crippen LogP contribution < -0.4 is 10.6 Å². The van der Waals surface area contributed by atoms with E-state index in [1.165, 1.54) is 0 Å². The summed E-state index contributed by atoms with van der Waals surface area (Å²) in [7, 11) is 1.66. The molecule has 0 aromatic heterocycles. The van der Waals surface area contributed by atoms with E-state index in [2.05, 4.69) is 10.6 Å². The van der Waals surface area contributed by atoms with Gasteiger partial charge in [0.2, 0.25) is 0 Å². The SMILES string of the molecule is CCNc1ccc(C)cc1C(=O)NCC1(OC)CCOC1. The first-order valence-electron chi connectivity index (χ1n) is 7.36.